The highest BCUT2D eigenvalue weighted by molar-refractivity contribution is 7.12. The van der Waals surface area contributed by atoms with Crippen LogP contribution in [-0.2, 0) is 11.2 Å². The summed E-state index contributed by atoms with van der Waals surface area (Å²) in [6.45, 7) is 0.962. The first-order valence-electron chi connectivity index (χ1n) is 10.6. The van der Waals surface area contributed by atoms with Gasteiger partial charge in [-0.25, -0.2) is 0 Å². The number of thiophene rings is 1. The molecule has 0 saturated carbocycles. The van der Waals surface area contributed by atoms with Gasteiger partial charge in [0.1, 0.15) is 11.8 Å². The molecule has 2 aromatic carbocycles. The van der Waals surface area contributed by atoms with Crippen LogP contribution in [0.4, 0.5) is 0 Å². The lowest BCUT2D eigenvalue weighted by atomic mass is 10.0. The number of H-pyrrole nitrogens is 1. The number of carbonyl (C=O) groups excluding carboxylic acids is 2. The minimum atomic E-state index is -0.682. The molecule has 2 amide bonds. The molecule has 1 atom stereocenters. The van der Waals surface area contributed by atoms with Gasteiger partial charge in [0.05, 0.1) is 11.5 Å². The standard InChI is InChI=1S/C25H25N3O3S/c29-24(26-13-7-14-31-19-8-2-1-3-9-19)22(28-25(30)23-12-6-15-32-23)16-18-17-27-21-11-5-4-10-20(18)21/h1-6,8-12,15,17,22,27H,7,13-14,16H2,(H,26,29)(H,28,30). The Morgan fingerprint density at radius 1 is 1.00 bits per heavy atom. The molecule has 0 aliphatic carbocycles. The van der Waals surface area contributed by atoms with Crippen molar-refractivity contribution in [2.45, 2.75) is 18.9 Å². The van der Waals surface area contributed by atoms with Crippen LogP contribution in [0.3, 0.4) is 0 Å². The third-order valence-corrected chi connectivity index (χ3v) is 5.97. The number of benzene rings is 2. The van der Waals surface area contributed by atoms with Gasteiger partial charge < -0.3 is 20.4 Å². The molecule has 6 nitrogen and oxygen atoms in total. The number of aromatic amines is 1. The van der Waals surface area contributed by atoms with Gasteiger partial charge in [-0.1, -0.05) is 42.5 Å². The van der Waals surface area contributed by atoms with Crippen molar-refractivity contribution in [3.63, 3.8) is 0 Å². The fourth-order valence-electron chi connectivity index (χ4n) is 3.48. The third kappa shape index (κ3) is 5.56. The molecule has 4 aromatic rings. The van der Waals surface area contributed by atoms with E-state index in [4.69, 9.17) is 4.74 Å². The van der Waals surface area contributed by atoms with Gasteiger partial charge >= 0.3 is 0 Å². The number of amides is 2. The van der Waals surface area contributed by atoms with Crippen LogP contribution < -0.4 is 15.4 Å². The quantitative estimate of drug-likeness (QED) is 0.319. The topological polar surface area (TPSA) is 83.2 Å². The van der Waals surface area contributed by atoms with Crippen LogP contribution in [0.15, 0.2) is 78.3 Å². The van der Waals surface area contributed by atoms with E-state index in [-0.39, 0.29) is 11.8 Å². The molecule has 0 aliphatic heterocycles. The van der Waals surface area contributed by atoms with Gasteiger partial charge in [-0.3, -0.25) is 9.59 Å². The summed E-state index contributed by atoms with van der Waals surface area (Å²) in [6.07, 6.45) is 2.96. The molecule has 2 aromatic heterocycles. The zero-order valence-electron chi connectivity index (χ0n) is 17.5. The maximum absolute atomic E-state index is 13.0. The van der Waals surface area contributed by atoms with E-state index < -0.39 is 6.04 Å². The van der Waals surface area contributed by atoms with Crippen LogP contribution in [0.2, 0.25) is 0 Å². The summed E-state index contributed by atoms with van der Waals surface area (Å²) < 4.78 is 5.67. The average Bonchev–Trinajstić information content (AvgIpc) is 3.50. The molecule has 164 valence electrons. The van der Waals surface area contributed by atoms with Gasteiger partial charge in [0, 0.05) is 30.1 Å². The van der Waals surface area contributed by atoms with Crippen LogP contribution in [0.1, 0.15) is 21.7 Å². The molecule has 0 saturated heterocycles. The second-order valence-electron chi connectivity index (χ2n) is 7.37. The van der Waals surface area contributed by atoms with Gasteiger partial charge in [-0.05, 0) is 41.6 Å². The van der Waals surface area contributed by atoms with Gasteiger partial charge in [0.15, 0.2) is 0 Å². The maximum Gasteiger partial charge on any atom is 0.262 e. The van der Waals surface area contributed by atoms with Crippen LogP contribution in [0.25, 0.3) is 10.9 Å². The lowest BCUT2D eigenvalue weighted by Crippen LogP contribution is -2.48. The van der Waals surface area contributed by atoms with Crippen LogP contribution in [0, 0.1) is 0 Å². The predicted molar refractivity (Wildman–Crippen MR) is 127 cm³/mol. The first kappa shape index (κ1) is 21.6. The lowest BCUT2D eigenvalue weighted by molar-refractivity contribution is -0.122. The zero-order chi connectivity index (χ0) is 22.2. The van der Waals surface area contributed by atoms with Gasteiger partial charge in [-0.15, -0.1) is 11.3 Å². The van der Waals surface area contributed by atoms with Gasteiger partial charge in [0.2, 0.25) is 5.91 Å². The van der Waals surface area contributed by atoms with Crippen molar-refractivity contribution < 1.29 is 14.3 Å². The van der Waals surface area contributed by atoms with E-state index in [1.54, 1.807) is 6.07 Å². The first-order chi connectivity index (χ1) is 15.7. The molecule has 0 radical (unpaired) electrons. The van der Waals surface area contributed by atoms with Crippen molar-refractivity contribution in [2.24, 2.45) is 0 Å². The zero-order valence-corrected chi connectivity index (χ0v) is 18.4. The van der Waals surface area contributed by atoms with Crippen molar-refractivity contribution in [3.8, 4) is 5.75 Å². The molecule has 32 heavy (non-hydrogen) atoms. The Bertz CT molecular complexity index is 1160. The number of carbonyl (C=O) groups is 2. The number of aromatic nitrogens is 1. The summed E-state index contributed by atoms with van der Waals surface area (Å²) in [6, 6.07) is 20.4. The van der Waals surface area contributed by atoms with E-state index in [1.807, 2.05) is 72.2 Å². The minimum Gasteiger partial charge on any atom is -0.494 e. The van der Waals surface area contributed by atoms with Crippen LogP contribution in [0.5, 0.6) is 5.75 Å². The van der Waals surface area contributed by atoms with E-state index in [2.05, 4.69) is 15.6 Å². The Labute approximate surface area is 190 Å². The molecular weight excluding hydrogens is 422 g/mol. The van der Waals surface area contributed by atoms with Crippen LogP contribution >= 0.6 is 11.3 Å². The number of para-hydroxylation sites is 2. The molecule has 4 rings (SSSR count). The molecule has 0 aliphatic rings. The summed E-state index contributed by atoms with van der Waals surface area (Å²) in [5.74, 6) is 0.353. The first-order valence-corrected chi connectivity index (χ1v) is 11.4. The monoisotopic (exact) mass is 447 g/mol. The highest BCUT2D eigenvalue weighted by Crippen LogP contribution is 2.19. The van der Waals surface area contributed by atoms with Gasteiger partial charge in [-0.2, -0.15) is 0 Å². The normalized spacial score (nSPS) is 11.8. The molecule has 0 fully saturated rings. The number of hydrogen-bond acceptors (Lipinski definition) is 4. The minimum absolute atomic E-state index is 0.208. The number of rotatable bonds is 10. The predicted octanol–water partition coefficient (Wildman–Crippen LogP) is 4.16. The van der Waals surface area contributed by atoms with E-state index in [9.17, 15) is 9.59 Å². The number of nitrogens with one attached hydrogen (secondary N) is 3. The van der Waals surface area contributed by atoms with Crippen molar-refractivity contribution in [2.75, 3.05) is 13.2 Å². The molecule has 1 unspecified atom stereocenters. The Balaban J connectivity index is 1.37. The van der Waals surface area contributed by atoms with E-state index in [0.717, 1.165) is 22.2 Å². The molecule has 2 heterocycles. The largest absolute Gasteiger partial charge is 0.494 e. The average molecular weight is 448 g/mol. The Kier molecular flexibility index (Phi) is 7.19. The van der Waals surface area contributed by atoms with Crippen molar-refractivity contribution in [1.29, 1.82) is 0 Å². The van der Waals surface area contributed by atoms with E-state index in [0.29, 0.717) is 30.9 Å². The molecule has 7 heteroatoms. The van der Waals surface area contributed by atoms with Gasteiger partial charge in [0.25, 0.3) is 5.91 Å². The molecular formula is C25H25N3O3S. The third-order valence-electron chi connectivity index (χ3n) is 5.10. The van der Waals surface area contributed by atoms with Crippen molar-refractivity contribution >= 4 is 34.1 Å². The van der Waals surface area contributed by atoms with Crippen molar-refractivity contribution in [1.82, 2.24) is 15.6 Å². The van der Waals surface area contributed by atoms with E-state index >= 15 is 0 Å². The van der Waals surface area contributed by atoms with Crippen molar-refractivity contribution in [3.05, 3.63) is 88.7 Å². The second-order valence-corrected chi connectivity index (χ2v) is 8.32. The molecule has 0 spiro atoms. The Hall–Kier alpha value is -3.58. The number of ether oxygens (including phenoxy) is 1. The number of hydrogen-bond donors (Lipinski definition) is 3. The summed E-state index contributed by atoms with van der Waals surface area (Å²) >= 11 is 1.35. The summed E-state index contributed by atoms with van der Waals surface area (Å²) in [4.78, 5) is 29.4. The molecule has 3 N–H and O–H groups in total. The highest BCUT2D eigenvalue weighted by atomic mass is 32.1. The van der Waals surface area contributed by atoms with Crippen LogP contribution in [-0.4, -0.2) is 36.0 Å². The fourth-order valence-corrected chi connectivity index (χ4v) is 4.11. The Morgan fingerprint density at radius 2 is 1.81 bits per heavy atom. The summed E-state index contributed by atoms with van der Waals surface area (Å²) in [7, 11) is 0. The smallest absolute Gasteiger partial charge is 0.262 e. The Morgan fingerprint density at radius 3 is 2.62 bits per heavy atom. The second kappa shape index (κ2) is 10.6. The fraction of sp³-hybridized carbons (Fsp3) is 0.200. The number of fused-ring (bicyclic) bond motifs is 1. The maximum atomic E-state index is 13.0. The summed E-state index contributed by atoms with van der Waals surface area (Å²) in [5, 5.41) is 8.73. The summed E-state index contributed by atoms with van der Waals surface area (Å²) in [5.41, 5.74) is 1.99. The highest BCUT2D eigenvalue weighted by Gasteiger charge is 2.23. The SMILES string of the molecule is O=C(NC(Cc1c[nH]c2ccccc12)C(=O)NCCCOc1ccccc1)c1cccs1. The molecule has 0 bridgehead atoms. The van der Waals surface area contributed by atoms with E-state index in [1.165, 1.54) is 11.3 Å². The lowest BCUT2D eigenvalue weighted by Gasteiger charge is -2.18.